The average Bonchev–Trinajstić information content (AvgIpc) is 3.26. The van der Waals surface area contributed by atoms with Crippen molar-refractivity contribution in [2.75, 3.05) is 17.2 Å². The molecule has 8 heteroatoms. The molecular weight excluding hydrogens is 414 g/mol. The van der Waals surface area contributed by atoms with Gasteiger partial charge in [0.25, 0.3) is 0 Å². The van der Waals surface area contributed by atoms with Crippen molar-refractivity contribution in [2.45, 2.75) is 46.3 Å². The smallest absolute Gasteiger partial charge is 0.227 e. The van der Waals surface area contributed by atoms with E-state index in [1.165, 1.54) is 0 Å². The van der Waals surface area contributed by atoms with Gasteiger partial charge in [-0.25, -0.2) is 9.97 Å². The minimum Gasteiger partial charge on any atom is -0.394 e. The summed E-state index contributed by atoms with van der Waals surface area (Å²) in [6.07, 6.45) is 3.73. The highest BCUT2D eigenvalue weighted by Gasteiger charge is 2.18. The molecule has 0 radical (unpaired) electrons. The number of imidazole rings is 1. The Morgan fingerprint density at radius 2 is 1.82 bits per heavy atom. The molecule has 0 unspecified atom stereocenters. The first-order valence-electron chi connectivity index (χ1n) is 11.4. The fourth-order valence-corrected chi connectivity index (χ4v) is 3.63. The Morgan fingerprint density at radius 3 is 2.45 bits per heavy atom. The largest absolute Gasteiger partial charge is 0.394 e. The van der Waals surface area contributed by atoms with Gasteiger partial charge in [-0.1, -0.05) is 26.0 Å². The third-order valence-corrected chi connectivity index (χ3v) is 5.73. The number of hydrogen-bond acceptors (Lipinski definition) is 6. The van der Waals surface area contributed by atoms with Gasteiger partial charge in [0.15, 0.2) is 23.2 Å². The zero-order valence-corrected chi connectivity index (χ0v) is 19.6. The van der Waals surface area contributed by atoms with Gasteiger partial charge in [-0.2, -0.15) is 9.97 Å². The highest BCUT2D eigenvalue weighted by atomic mass is 16.3. The second kappa shape index (κ2) is 9.95. The predicted molar refractivity (Wildman–Crippen MR) is 131 cm³/mol. The second-order valence-corrected chi connectivity index (χ2v) is 8.82. The fourth-order valence-electron chi connectivity index (χ4n) is 3.63. The number of aromatic nitrogens is 5. The van der Waals surface area contributed by atoms with Crippen LogP contribution in [0.2, 0.25) is 0 Å². The highest BCUT2D eigenvalue weighted by Crippen LogP contribution is 2.25. The number of aliphatic hydroxyl groups is 1. The summed E-state index contributed by atoms with van der Waals surface area (Å²) >= 11 is 0. The van der Waals surface area contributed by atoms with Crippen LogP contribution in [0, 0.1) is 5.92 Å². The molecular formula is C25H32N7O+. The number of nitrogens with one attached hydrogen (secondary N) is 3. The summed E-state index contributed by atoms with van der Waals surface area (Å²) in [5.41, 5.74) is 4.84. The van der Waals surface area contributed by atoms with Gasteiger partial charge in [0.2, 0.25) is 11.6 Å². The second-order valence-electron chi connectivity index (χ2n) is 8.82. The Bertz CT molecular complexity index is 1190. The average molecular weight is 447 g/mol. The molecule has 0 aliphatic rings. The fraction of sp³-hybridized carbons (Fsp3) is 0.360. The minimum absolute atomic E-state index is 0.0104. The molecule has 1 aromatic carbocycles. The number of aromatic amines is 1. The lowest BCUT2D eigenvalue weighted by molar-refractivity contribution is -0.364. The van der Waals surface area contributed by atoms with E-state index in [0.29, 0.717) is 18.3 Å². The Hall–Kier alpha value is -3.52. The SMILES string of the molecule is CC(C)[C@H](CO)Nc1nc(NCc2ccc(-c3cccc[nH+]3)cc2)c2ncn(C(C)C)c2n1. The van der Waals surface area contributed by atoms with E-state index in [2.05, 4.69) is 78.6 Å². The number of anilines is 2. The van der Waals surface area contributed by atoms with Crippen LogP contribution in [0.3, 0.4) is 0 Å². The van der Waals surface area contributed by atoms with E-state index in [9.17, 15) is 5.11 Å². The van der Waals surface area contributed by atoms with Gasteiger partial charge in [0.1, 0.15) is 0 Å². The van der Waals surface area contributed by atoms with Crippen molar-refractivity contribution < 1.29 is 10.1 Å². The quantitative estimate of drug-likeness (QED) is 0.360. The molecule has 8 nitrogen and oxygen atoms in total. The lowest BCUT2D eigenvalue weighted by Crippen LogP contribution is -2.30. The molecule has 0 fully saturated rings. The molecule has 0 bridgehead atoms. The van der Waals surface area contributed by atoms with Crippen LogP contribution < -0.4 is 15.6 Å². The van der Waals surface area contributed by atoms with Crippen molar-refractivity contribution in [3.63, 3.8) is 0 Å². The molecule has 1 atom stereocenters. The van der Waals surface area contributed by atoms with Crippen LogP contribution in [0.5, 0.6) is 0 Å². The molecule has 3 heterocycles. The van der Waals surface area contributed by atoms with Crippen LogP contribution in [-0.4, -0.2) is 37.3 Å². The van der Waals surface area contributed by atoms with Crippen LogP contribution in [0.25, 0.3) is 22.4 Å². The lowest BCUT2D eigenvalue weighted by atomic mass is 10.1. The predicted octanol–water partition coefficient (Wildman–Crippen LogP) is 3.93. The maximum atomic E-state index is 9.75. The van der Waals surface area contributed by atoms with Gasteiger partial charge in [-0.05, 0) is 43.5 Å². The summed E-state index contributed by atoms with van der Waals surface area (Å²) in [7, 11) is 0. The molecule has 0 aliphatic heterocycles. The summed E-state index contributed by atoms with van der Waals surface area (Å²) in [5, 5.41) is 16.5. The highest BCUT2D eigenvalue weighted by molar-refractivity contribution is 5.84. The maximum absolute atomic E-state index is 9.75. The van der Waals surface area contributed by atoms with E-state index in [1.54, 1.807) is 6.33 Å². The molecule has 3 aromatic heterocycles. The first-order chi connectivity index (χ1) is 16.0. The summed E-state index contributed by atoms with van der Waals surface area (Å²) in [6.45, 7) is 8.92. The zero-order valence-electron chi connectivity index (χ0n) is 19.6. The van der Waals surface area contributed by atoms with E-state index in [1.807, 2.05) is 22.9 Å². The summed E-state index contributed by atoms with van der Waals surface area (Å²) in [6, 6.07) is 14.5. The number of fused-ring (bicyclic) bond motifs is 1. The number of nitrogens with zero attached hydrogens (tertiary/aromatic N) is 4. The molecule has 0 aliphatic carbocycles. The van der Waals surface area contributed by atoms with Crippen LogP contribution in [0.15, 0.2) is 55.0 Å². The summed E-state index contributed by atoms with van der Waals surface area (Å²) in [4.78, 5) is 17.2. The van der Waals surface area contributed by atoms with Gasteiger partial charge in [-0.3, -0.25) is 0 Å². The lowest BCUT2D eigenvalue weighted by Gasteiger charge is -2.20. The van der Waals surface area contributed by atoms with E-state index in [4.69, 9.17) is 9.97 Å². The van der Waals surface area contributed by atoms with Crippen LogP contribution in [-0.2, 0) is 6.54 Å². The normalized spacial score (nSPS) is 12.5. The van der Waals surface area contributed by atoms with Crippen molar-refractivity contribution in [1.82, 2.24) is 19.5 Å². The molecule has 33 heavy (non-hydrogen) atoms. The maximum Gasteiger partial charge on any atom is 0.227 e. The summed E-state index contributed by atoms with van der Waals surface area (Å²) in [5.74, 6) is 1.39. The number of pyridine rings is 1. The van der Waals surface area contributed by atoms with Gasteiger partial charge in [-0.15, -0.1) is 0 Å². The van der Waals surface area contributed by atoms with E-state index < -0.39 is 0 Å². The minimum atomic E-state index is -0.131. The topological polar surface area (TPSA) is 102 Å². The van der Waals surface area contributed by atoms with Crippen molar-refractivity contribution in [2.24, 2.45) is 5.92 Å². The number of aliphatic hydroxyl groups excluding tert-OH is 1. The van der Waals surface area contributed by atoms with Gasteiger partial charge in [0, 0.05) is 30.3 Å². The molecule has 4 rings (SSSR count). The molecule has 0 spiro atoms. The molecule has 0 amide bonds. The third kappa shape index (κ3) is 5.12. The van der Waals surface area contributed by atoms with Crippen molar-refractivity contribution in [1.29, 1.82) is 0 Å². The molecule has 0 saturated heterocycles. The number of H-pyrrole nitrogens is 1. The Kier molecular flexibility index (Phi) is 6.84. The van der Waals surface area contributed by atoms with Crippen molar-refractivity contribution in [3.8, 4) is 11.3 Å². The molecule has 0 saturated carbocycles. The number of rotatable bonds is 9. The van der Waals surface area contributed by atoms with Gasteiger partial charge >= 0.3 is 0 Å². The first kappa shape index (κ1) is 22.7. The zero-order chi connectivity index (χ0) is 23.4. The van der Waals surface area contributed by atoms with Crippen molar-refractivity contribution >= 4 is 22.9 Å². The van der Waals surface area contributed by atoms with E-state index >= 15 is 0 Å². The van der Waals surface area contributed by atoms with Crippen LogP contribution in [0.1, 0.15) is 39.3 Å². The summed E-state index contributed by atoms with van der Waals surface area (Å²) < 4.78 is 2.03. The van der Waals surface area contributed by atoms with E-state index in [-0.39, 0.29) is 24.6 Å². The van der Waals surface area contributed by atoms with E-state index in [0.717, 1.165) is 28.0 Å². The van der Waals surface area contributed by atoms with Crippen molar-refractivity contribution in [3.05, 3.63) is 60.6 Å². The Morgan fingerprint density at radius 1 is 1.03 bits per heavy atom. The number of benzene rings is 1. The Balaban J connectivity index is 1.59. The van der Waals surface area contributed by atoms with Gasteiger partial charge in [0.05, 0.1) is 19.0 Å². The monoisotopic (exact) mass is 446 g/mol. The van der Waals surface area contributed by atoms with Crippen LogP contribution >= 0.6 is 0 Å². The molecule has 4 N–H and O–H groups in total. The third-order valence-electron chi connectivity index (χ3n) is 5.73. The first-order valence-corrected chi connectivity index (χ1v) is 11.4. The van der Waals surface area contributed by atoms with Crippen LogP contribution in [0.4, 0.5) is 11.8 Å². The van der Waals surface area contributed by atoms with Gasteiger partial charge < -0.3 is 20.3 Å². The molecule has 172 valence electrons. The molecule has 4 aromatic rings. The Labute approximate surface area is 194 Å². The standard InChI is InChI=1S/C25H31N7O/c1-16(2)21(14-33)29-25-30-23(22-24(31-25)32(15-28-22)17(3)4)27-13-18-8-10-19(11-9-18)20-7-5-6-12-26-20/h5-12,15-17,21,33H,13-14H2,1-4H3,(H2,27,29,30,31)/p+1/t21-/m0/s1. The number of hydrogen-bond donors (Lipinski definition) is 3.